The second-order valence-electron chi connectivity index (χ2n) is 7.53. The average Bonchev–Trinajstić information content (AvgIpc) is 2.80. The van der Waals surface area contributed by atoms with Gasteiger partial charge in [0.15, 0.2) is 0 Å². The maximum Gasteiger partial charge on any atom is 0.260 e. The molecule has 0 spiro atoms. The van der Waals surface area contributed by atoms with Crippen LogP contribution >= 0.6 is 11.6 Å². The van der Waals surface area contributed by atoms with Gasteiger partial charge in [-0.2, -0.15) is 0 Å². The number of anilines is 1. The van der Waals surface area contributed by atoms with E-state index in [9.17, 15) is 9.90 Å². The Hall–Kier alpha value is -3.28. The molecule has 3 aromatic carbocycles. The van der Waals surface area contributed by atoms with E-state index in [0.29, 0.717) is 27.1 Å². The van der Waals surface area contributed by atoms with Crippen LogP contribution in [0.25, 0.3) is 33.2 Å². The van der Waals surface area contributed by atoms with Crippen LogP contribution in [0.5, 0.6) is 5.75 Å². The van der Waals surface area contributed by atoms with Crippen molar-refractivity contribution in [2.45, 2.75) is 0 Å². The molecule has 6 heteroatoms. The Labute approximate surface area is 184 Å². The molecule has 2 N–H and O–H groups in total. The standard InChI is InChI=1S/C25H21ClN2O3/c26-20-11-10-19-23(27-25(30)22(24(19)29)16-4-2-1-3-5-16)21(20)17-6-8-18(9-7-17)28-12-14-31-15-13-28/h1-11H,12-15H2,(H2,27,29,30). The molecule has 0 atom stereocenters. The van der Waals surface area contributed by atoms with Crippen molar-refractivity contribution in [3.05, 3.63) is 82.1 Å². The Morgan fingerprint density at radius 1 is 0.871 bits per heavy atom. The number of hydrogen-bond acceptors (Lipinski definition) is 4. The lowest BCUT2D eigenvalue weighted by molar-refractivity contribution is 0.122. The molecule has 4 aromatic rings. The lowest BCUT2D eigenvalue weighted by Crippen LogP contribution is -2.36. The minimum Gasteiger partial charge on any atom is -0.506 e. The SMILES string of the molecule is O=c1[nH]c2c(-c3ccc(N4CCOCC4)cc3)c(Cl)ccc2c(O)c1-c1ccccc1. The first-order valence-electron chi connectivity index (χ1n) is 10.2. The van der Waals surface area contributed by atoms with Gasteiger partial charge in [-0.05, 0) is 35.4 Å². The Morgan fingerprint density at radius 3 is 2.26 bits per heavy atom. The lowest BCUT2D eigenvalue weighted by Gasteiger charge is -2.29. The van der Waals surface area contributed by atoms with Crippen LogP contribution in [0.4, 0.5) is 5.69 Å². The van der Waals surface area contributed by atoms with Gasteiger partial charge >= 0.3 is 0 Å². The Morgan fingerprint density at radius 2 is 1.55 bits per heavy atom. The first kappa shape index (κ1) is 19.7. The zero-order valence-electron chi connectivity index (χ0n) is 16.8. The summed E-state index contributed by atoms with van der Waals surface area (Å²) >= 11 is 6.56. The molecule has 0 saturated carbocycles. The maximum atomic E-state index is 12.9. The number of ether oxygens (including phenoxy) is 1. The number of aromatic amines is 1. The molecule has 1 aromatic heterocycles. The number of rotatable bonds is 3. The second-order valence-corrected chi connectivity index (χ2v) is 7.94. The van der Waals surface area contributed by atoms with Crippen molar-refractivity contribution in [2.75, 3.05) is 31.2 Å². The molecule has 0 unspecified atom stereocenters. The van der Waals surface area contributed by atoms with Crippen LogP contribution in [-0.2, 0) is 4.74 Å². The summed E-state index contributed by atoms with van der Waals surface area (Å²) in [6.07, 6.45) is 0. The molecule has 31 heavy (non-hydrogen) atoms. The van der Waals surface area contributed by atoms with Crippen LogP contribution in [0, 0.1) is 0 Å². The predicted molar refractivity (Wildman–Crippen MR) is 125 cm³/mol. The van der Waals surface area contributed by atoms with Crippen LogP contribution in [0.3, 0.4) is 0 Å². The van der Waals surface area contributed by atoms with Gasteiger partial charge in [-0.3, -0.25) is 4.79 Å². The van der Waals surface area contributed by atoms with Crippen molar-refractivity contribution in [2.24, 2.45) is 0 Å². The third-order valence-electron chi connectivity index (χ3n) is 5.71. The third-order valence-corrected chi connectivity index (χ3v) is 6.02. The van der Waals surface area contributed by atoms with Gasteiger partial charge in [0, 0.05) is 29.7 Å². The van der Waals surface area contributed by atoms with E-state index in [1.165, 1.54) is 0 Å². The van der Waals surface area contributed by atoms with Gasteiger partial charge in [0.1, 0.15) is 5.75 Å². The molecule has 0 bridgehead atoms. The number of nitrogens with zero attached hydrogens (tertiary/aromatic N) is 1. The van der Waals surface area contributed by atoms with E-state index in [4.69, 9.17) is 16.3 Å². The zero-order chi connectivity index (χ0) is 21.4. The van der Waals surface area contributed by atoms with E-state index in [1.807, 2.05) is 42.5 Å². The highest BCUT2D eigenvalue weighted by molar-refractivity contribution is 6.35. The van der Waals surface area contributed by atoms with Gasteiger partial charge in [-0.25, -0.2) is 0 Å². The van der Waals surface area contributed by atoms with Gasteiger partial charge in [-0.15, -0.1) is 0 Å². The highest BCUT2D eigenvalue weighted by Crippen LogP contribution is 2.40. The second kappa shape index (κ2) is 8.10. The van der Waals surface area contributed by atoms with E-state index >= 15 is 0 Å². The van der Waals surface area contributed by atoms with Crippen LogP contribution in [-0.4, -0.2) is 36.4 Å². The summed E-state index contributed by atoms with van der Waals surface area (Å²) in [6.45, 7) is 3.16. The summed E-state index contributed by atoms with van der Waals surface area (Å²) in [6, 6.07) is 20.7. The number of aromatic nitrogens is 1. The molecule has 1 saturated heterocycles. The summed E-state index contributed by atoms with van der Waals surface area (Å²) in [4.78, 5) is 18.2. The highest BCUT2D eigenvalue weighted by atomic mass is 35.5. The molecule has 0 aliphatic carbocycles. The Balaban J connectivity index is 1.64. The molecular formula is C25H21ClN2O3. The first-order chi connectivity index (χ1) is 15.1. The number of nitrogens with one attached hydrogen (secondary N) is 1. The summed E-state index contributed by atoms with van der Waals surface area (Å²) in [5, 5.41) is 12.0. The summed E-state index contributed by atoms with van der Waals surface area (Å²) < 4.78 is 5.43. The minimum absolute atomic E-state index is 0.0483. The van der Waals surface area contributed by atoms with Gasteiger partial charge in [0.25, 0.3) is 5.56 Å². The summed E-state index contributed by atoms with van der Waals surface area (Å²) in [5.41, 5.74) is 3.76. The van der Waals surface area contributed by atoms with Crippen molar-refractivity contribution in [3.8, 4) is 28.0 Å². The average molecular weight is 433 g/mol. The molecule has 1 aliphatic heterocycles. The van der Waals surface area contributed by atoms with E-state index < -0.39 is 0 Å². The lowest BCUT2D eigenvalue weighted by atomic mass is 9.98. The van der Waals surface area contributed by atoms with Gasteiger partial charge in [0.2, 0.25) is 0 Å². The first-order valence-corrected chi connectivity index (χ1v) is 10.6. The number of benzene rings is 3. The van der Waals surface area contributed by atoms with Crippen LogP contribution in [0.1, 0.15) is 0 Å². The number of fused-ring (bicyclic) bond motifs is 1. The molecule has 2 heterocycles. The molecule has 156 valence electrons. The molecule has 0 radical (unpaired) electrons. The predicted octanol–water partition coefficient (Wildman–Crippen LogP) is 5.06. The monoisotopic (exact) mass is 432 g/mol. The van der Waals surface area contributed by atoms with E-state index in [0.717, 1.165) is 37.6 Å². The van der Waals surface area contributed by atoms with Crippen molar-refractivity contribution in [1.29, 1.82) is 0 Å². The number of hydrogen-bond donors (Lipinski definition) is 2. The number of aromatic hydroxyl groups is 1. The third kappa shape index (κ3) is 3.56. The van der Waals surface area contributed by atoms with Crippen LogP contribution in [0.2, 0.25) is 5.02 Å². The maximum absolute atomic E-state index is 12.9. The summed E-state index contributed by atoms with van der Waals surface area (Å²) in [5.74, 6) is -0.0483. The Bertz CT molecular complexity index is 1290. The normalized spacial score (nSPS) is 14.2. The van der Waals surface area contributed by atoms with Crippen LogP contribution < -0.4 is 10.5 Å². The van der Waals surface area contributed by atoms with Crippen molar-refractivity contribution < 1.29 is 9.84 Å². The highest BCUT2D eigenvalue weighted by Gasteiger charge is 2.18. The molecule has 5 rings (SSSR count). The van der Waals surface area contributed by atoms with E-state index in [1.54, 1.807) is 24.3 Å². The number of morpholine rings is 1. The van der Waals surface area contributed by atoms with Crippen molar-refractivity contribution in [3.63, 3.8) is 0 Å². The minimum atomic E-state index is -0.357. The molecule has 1 fully saturated rings. The van der Waals surface area contributed by atoms with E-state index in [2.05, 4.69) is 9.88 Å². The summed E-state index contributed by atoms with van der Waals surface area (Å²) in [7, 11) is 0. The topological polar surface area (TPSA) is 65.6 Å². The Kier molecular flexibility index (Phi) is 5.14. The largest absolute Gasteiger partial charge is 0.506 e. The van der Waals surface area contributed by atoms with Gasteiger partial charge < -0.3 is 19.7 Å². The number of pyridine rings is 1. The fraction of sp³-hybridized carbons (Fsp3) is 0.160. The van der Waals surface area contributed by atoms with E-state index in [-0.39, 0.29) is 16.9 Å². The quantitative estimate of drug-likeness (QED) is 0.475. The fourth-order valence-electron chi connectivity index (χ4n) is 4.14. The molecule has 0 amide bonds. The number of H-pyrrole nitrogens is 1. The fourth-order valence-corrected chi connectivity index (χ4v) is 4.40. The molecule has 5 nitrogen and oxygen atoms in total. The number of halogens is 1. The smallest absolute Gasteiger partial charge is 0.260 e. The van der Waals surface area contributed by atoms with Crippen molar-refractivity contribution >= 4 is 28.2 Å². The molecular weight excluding hydrogens is 412 g/mol. The van der Waals surface area contributed by atoms with Crippen LogP contribution in [0.15, 0.2) is 71.5 Å². The van der Waals surface area contributed by atoms with Gasteiger partial charge in [-0.1, -0.05) is 54.1 Å². The molecule has 1 aliphatic rings. The zero-order valence-corrected chi connectivity index (χ0v) is 17.5. The van der Waals surface area contributed by atoms with Crippen molar-refractivity contribution in [1.82, 2.24) is 4.98 Å². The van der Waals surface area contributed by atoms with Gasteiger partial charge in [0.05, 0.1) is 29.3 Å².